The van der Waals surface area contributed by atoms with Gasteiger partial charge in [0.25, 0.3) is 0 Å². The average Bonchev–Trinajstić information content (AvgIpc) is 3.34. The van der Waals surface area contributed by atoms with Crippen LogP contribution in [0, 0.1) is 23.2 Å². The Morgan fingerprint density at radius 2 is 2.00 bits per heavy atom. The number of hydrogen-bond acceptors (Lipinski definition) is 5. The van der Waals surface area contributed by atoms with Crippen molar-refractivity contribution in [3.8, 4) is 6.07 Å². The fraction of sp³-hybridized carbons (Fsp3) is 0.444. The van der Waals surface area contributed by atoms with E-state index in [4.69, 9.17) is 16.9 Å². The third-order valence-electron chi connectivity index (χ3n) is 4.45. The van der Waals surface area contributed by atoms with Crippen LogP contribution in [0.25, 0.3) is 0 Å². The van der Waals surface area contributed by atoms with Crippen molar-refractivity contribution in [2.24, 2.45) is 16.9 Å². The highest BCUT2D eigenvalue weighted by Gasteiger charge is 2.47. The van der Waals surface area contributed by atoms with Crippen LogP contribution in [-0.4, -0.2) is 30.2 Å². The molecule has 0 bridgehead atoms. The van der Waals surface area contributed by atoms with Crippen LogP contribution in [0.1, 0.15) is 37.3 Å². The fourth-order valence-electron chi connectivity index (χ4n) is 3.23. The average molecular weight is 376 g/mol. The third-order valence-corrected chi connectivity index (χ3v) is 4.79. The topological polar surface area (TPSA) is 106 Å². The van der Waals surface area contributed by atoms with Crippen molar-refractivity contribution in [1.82, 2.24) is 16.1 Å². The Kier molecular flexibility index (Phi) is 6.58. The number of hydrazone groups is 1. The zero-order valence-electron chi connectivity index (χ0n) is 14.9. The van der Waals surface area contributed by atoms with E-state index >= 15 is 0 Å². The van der Waals surface area contributed by atoms with E-state index in [1.165, 1.54) is 6.92 Å². The van der Waals surface area contributed by atoms with Gasteiger partial charge in [-0.2, -0.15) is 10.4 Å². The maximum atomic E-state index is 11.8. The molecule has 0 saturated heterocycles. The molecular formula is C18H22ClN5O2. The zero-order chi connectivity index (χ0) is 19.3. The molecule has 3 amide bonds. The lowest BCUT2D eigenvalue weighted by Gasteiger charge is -2.24. The van der Waals surface area contributed by atoms with Gasteiger partial charge in [-0.05, 0) is 42.9 Å². The molecule has 1 aromatic rings. The summed E-state index contributed by atoms with van der Waals surface area (Å²) in [5.74, 6) is -0.126. The van der Waals surface area contributed by atoms with E-state index < -0.39 is 11.9 Å². The van der Waals surface area contributed by atoms with Crippen molar-refractivity contribution >= 4 is 28.7 Å². The molecule has 1 aliphatic carbocycles. The van der Waals surface area contributed by atoms with Crippen LogP contribution in [-0.2, 0) is 4.79 Å². The Morgan fingerprint density at radius 3 is 2.54 bits per heavy atom. The summed E-state index contributed by atoms with van der Waals surface area (Å²) in [7, 11) is 1.66. The number of amides is 3. The summed E-state index contributed by atoms with van der Waals surface area (Å²) in [6, 6.07) is 8.73. The van der Waals surface area contributed by atoms with Crippen molar-refractivity contribution in [2.75, 3.05) is 7.05 Å². The van der Waals surface area contributed by atoms with Gasteiger partial charge in [0.05, 0.1) is 11.6 Å². The molecule has 7 nitrogen and oxygen atoms in total. The summed E-state index contributed by atoms with van der Waals surface area (Å²) in [6.45, 7) is 3.12. The highest BCUT2D eigenvalue weighted by atomic mass is 35.5. The van der Waals surface area contributed by atoms with Gasteiger partial charge < -0.3 is 10.7 Å². The van der Waals surface area contributed by atoms with Gasteiger partial charge in [0.1, 0.15) is 5.17 Å². The second kappa shape index (κ2) is 8.68. The maximum Gasteiger partial charge on any atom is 0.321 e. The molecule has 4 atom stereocenters. The Balaban J connectivity index is 2.13. The molecule has 0 aromatic heterocycles. The first kappa shape index (κ1) is 19.7. The van der Waals surface area contributed by atoms with E-state index in [2.05, 4.69) is 27.2 Å². The molecule has 138 valence electrons. The minimum atomic E-state index is -0.556. The molecule has 0 heterocycles. The number of carbonyl (C=O) groups is 2. The first-order valence-corrected chi connectivity index (χ1v) is 8.73. The standard InChI is InChI=1S/C18H22ClN5O2/c1-10(22-18(26)23-11(2)25)16(17(19)24-21-3)15-8-14(15)13-6-4-12(9-20)5-7-13/h4-7,10,14-16,21H,8H2,1-3H3,(H2,22,23,25,26). The number of halogens is 1. The number of carbonyl (C=O) groups excluding carboxylic acids is 2. The van der Waals surface area contributed by atoms with E-state index in [0.29, 0.717) is 10.7 Å². The summed E-state index contributed by atoms with van der Waals surface area (Å²) in [4.78, 5) is 22.9. The van der Waals surface area contributed by atoms with E-state index in [9.17, 15) is 9.59 Å². The SMILES string of the molecule is CNN=C(Cl)C(C(C)NC(=O)NC(C)=O)C1CC1c1ccc(C#N)cc1. The van der Waals surface area contributed by atoms with Crippen LogP contribution in [0.5, 0.6) is 0 Å². The molecule has 2 rings (SSSR count). The van der Waals surface area contributed by atoms with Crippen molar-refractivity contribution in [3.05, 3.63) is 35.4 Å². The molecule has 0 aliphatic heterocycles. The summed E-state index contributed by atoms with van der Waals surface area (Å²) in [5.41, 5.74) is 4.43. The van der Waals surface area contributed by atoms with Crippen molar-refractivity contribution in [2.45, 2.75) is 32.2 Å². The first-order valence-electron chi connectivity index (χ1n) is 8.35. The lowest BCUT2D eigenvalue weighted by molar-refractivity contribution is -0.117. The van der Waals surface area contributed by atoms with Crippen molar-refractivity contribution in [3.63, 3.8) is 0 Å². The quantitative estimate of drug-likeness (QED) is 0.523. The number of nitrogens with one attached hydrogen (secondary N) is 3. The van der Waals surface area contributed by atoms with Crippen LogP contribution in [0.15, 0.2) is 29.4 Å². The predicted molar refractivity (Wildman–Crippen MR) is 99.7 cm³/mol. The number of nitriles is 1. The summed E-state index contributed by atoms with van der Waals surface area (Å²) in [5, 5.41) is 18.3. The van der Waals surface area contributed by atoms with Crippen LogP contribution in [0.2, 0.25) is 0 Å². The molecule has 1 saturated carbocycles. The third kappa shape index (κ3) is 4.96. The monoisotopic (exact) mass is 375 g/mol. The van der Waals surface area contributed by atoms with E-state index in [1.807, 2.05) is 19.1 Å². The Hall–Kier alpha value is -2.59. The van der Waals surface area contributed by atoms with Crippen molar-refractivity contribution in [1.29, 1.82) is 5.26 Å². The lowest BCUT2D eigenvalue weighted by Crippen LogP contribution is -2.47. The molecule has 4 unspecified atom stereocenters. The van der Waals surface area contributed by atoms with Crippen LogP contribution < -0.4 is 16.1 Å². The van der Waals surface area contributed by atoms with E-state index in [0.717, 1.165) is 12.0 Å². The molecule has 1 aromatic carbocycles. The molecule has 0 spiro atoms. The Labute approximate surface area is 157 Å². The van der Waals surface area contributed by atoms with E-state index in [1.54, 1.807) is 19.2 Å². The second-order valence-electron chi connectivity index (χ2n) is 6.37. The minimum absolute atomic E-state index is 0.192. The minimum Gasteiger partial charge on any atom is -0.335 e. The van der Waals surface area contributed by atoms with Gasteiger partial charge in [-0.15, -0.1) is 0 Å². The van der Waals surface area contributed by atoms with Crippen LogP contribution in [0.4, 0.5) is 4.79 Å². The maximum absolute atomic E-state index is 11.8. The van der Waals surface area contributed by atoms with Gasteiger partial charge in [0.15, 0.2) is 0 Å². The Bertz CT molecular complexity index is 741. The second-order valence-corrected chi connectivity index (χ2v) is 6.75. The van der Waals surface area contributed by atoms with E-state index in [-0.39, 0.29) is 23.8 Å². The first-order chi connectivity index (χ1) is 12.4. The smallest absolute Gasteiger partial charge is 0.321 e. The molecular weight excluding hydrogens is 354 g/mol. The van der Waals surface area contributed by atoms with Gasteiger partial charge in [-0.25, -0.2) is 4.79 Å². The van der Waals surface area contributed by atoms with Gasteiger partial charge in [-0.3, -0.25) is 10.1 Å². The van der Waals surface area contributed by atoms with Crippen molar-refractivity contribution < 1.29 is 9.59 Å². The highest BCUT2D eigenvalue weighted by molar-refractivity contribution is 6.66. The number of hydrogen-bond donors (Lipinski definition) is 3. The normalized spacial score (nSPS) is 21.1. The highest BCUT2D eigenvalue weighted by Crippen LogP contribution is 2.53. The number of urea groups is 1. The summed E-state index contributed by atoms with van der Waals surface area (Å²) >= 11 is 6.37. The van der Waals surface area contributed by atoms with Gasteiger partial charge in [-0.1, -0.05) is 23.7 Å². The number of imide groups is 1. The number of rotatable bonds is 6. The summed E-state index contributed by atoms with van der Waals surface area (Å²) < 4.78 is 0. The summed E-state index contributed by atoms with van der Waals surface area (Å²) in [6.07, 6.45) is 0.909. The fourth-order valence-corrected chi connectivity index (χ4v) is 3.66. The van der Waals surface area contributed by atoms with Gasteiger partial charge in [0.2, 0.25) is 5.91 Å². The lowest BCUT2D eigenvalue weighted by atomic mass is 9.93. The van der Waals surface area contributed by atoms with Crippen LogP contribution >= 0.6 is 11.6 Å². The zero-order valence-corrected chi connectivity index (χ0v) is 15.7. The largest absolute Gasteiger partial charge is 0.335 e. The molecule has 8 heteroatoms. The number of nitrogens with zero attached hydrogens (tertiary/aromatic N) is 2. The molecule has 0 radical (unpaired) electrons. The predicted octanol–water partition coefficient (Wildman–Crippen LogP) is 2.28. The van der Waals surface area contributed by atoms with Gasteiger partial charge >= 0.3 is 6.03 Å². The number of benzene rings is 1. The van der Waals surface area contributed by atoms with Gasteiger partial charge in [0, 0.05) is 25.9 Å². The molecule has 1 aliphatic rings. The molecule has 26 heavy (non-hydrogen) atoms. The Morgan fingerprint density at radius 1 is 1.35 bits per heavy atom. The molecule has 1 fully saturated rings. The molecule has 3 N–H and O–H groups in total. The van der Waals surface area contributed by atoms with Crippen LogP contribution in [0.3, 0.4) is 0 Å².